The average Bonchev–Trinajstić information content (AvgIpc) is 3.79. The number of benzene rings is 8. The first-order chi connectivity index (χ1) is 26.8. The minimum absolute atomic E-state index is 0.770. The molecule has 256 valence electrons. The first kappa shape index (κ1) is 31.4. The maximum absolute atomic E-state index is 6.58. The lowest BCUT2D eigenvalue weighted by Crippen LogP contribution is -2.09. The van der Waals surface area contributed by atoms with E-state index in [1.54, 1.807) is 0 Å². The van der Waals surface area contributed by atoms with Gasteiger partial charge in [0.15, 0.2) is 11.2 Å². The van der Waals surface area contributed by atoms with Crippen molar-refractivity contribution in [3.8, 4) is 22.3 Å². The molecule has 0 aliphatic heterocycles. The van der Waals surface area contributed by atoms with Gasteiger partial charge < -0.3 is 18.6 Å². The van der Waals surface area contributed by atoms with Gasteiger partial charge in [-0.05, 0) is 119 Å². The number of nitrogens with zero attached hydrogens (tertiary/aromatic N) is 2. The summed E-state index contributed by atoms with van der Waals surface area (Å²) in [4.78, 5) is 4.54. The first-order valence-corrected chi connectivity index (χ1v) is 18.2. The lowest BCUT2D eigenvalue weighted by molar-refractivity contribution is 0.653. The SMILES string of the molecule is c1ccc(N(c2ccccc2)c2ccc(-c3ccc4c(c3)oc3c5cc(-c6ccc(N(c7ccccc7)c7ccccc7)cc6)ccc5oc43)cc2)cc1. The summed E-state index contributed by atoms with van der Waals surface area (Å²) in [6.07, 6.45) is 0. The molecule has 54 heavy (non-hydrogen) atoms. The minimum atomic E-state index is 0.770. The van der Waals surface area contributed by atoms with Gasteiger partial charge in [-0.25, -0.2) is 0 Å². The fraction of sp³-hybridized carbons (Fsp3) is 0. The molecule has 2 heterocycles. The number of anilines is 6. The number of rotatable bonds is 8. The number of furan rings is 2. The summed E-state index contributed by atoms with van der Waals surface area (Å²) in [5, 5.41) is 1.93. The highest BCUT2D eigenvalue weighted by Gasteiger charge is 2.18. The Bertz CT molecular complexity index is 2770. The molecule has 2 aromatic heterocycles. The summed E-state index contributed by atoms with van der Waals surface area (Å²) < 4.78 is 13.0. The van der Waals surface area contributed by atoms with Crippen molar-refractivity contribution < 1.29 is 8.83 Å². The maximum Gasteiger partial charge on any atom is 0.181 e. The molecule has 0 saturated heterocycles. The fourth-order valence-electron chi connectivity index (χ4n) is 7.43. The van der Waals surface area contributed by atoms with E-state index in [0.717, 1.165) is 89.5 Å². The Morgan fingerprint density at radius 1 is 0.259 bits per heavy atom. The second kappa shape index (κ2) is 13.4. The maximum atomic E-state index is 6.58. The van der Waals surface area contributed by atoms with Crippen molar-refractivity contribution in [2.24, 2.45) is 0 Å². The molecule has 0 saturated carbocycles. The van der Waals surface area contributed by atoms with Crippen LogP contribution in [0.4, 0.5) is 34.1 Å². The lowest BCUT2D eigenvalue weighted by atomic mass is 10.0. The molecule has 0 amide bonds. The van der Waals surface area contributed by atoms with Crippen LogP contribution in [0.25, 0.3) is 55.4 Å². The van der Waals surface area contributed by atoms with Crippen LogP contribution in [-0.2, 0) is 0 Å². The van der Waals surface area contributed by atoms with Crippen LogP contribution in [0.5, 0.6) is 0 Å². The molecule has 0 spiro atoms. The molecule has 4 nitrogen and oxygen atoms in total. The number of hydrogen-bond acceptors (Lipinski definition) is 4. The second-order valence-corrected chi connectivity index (χ2v) is 13.4. The number of fused-ring (bicyclic) bond motifs is 5. The largest absolute Gasteiger partial charge is 0.452 e. The third kappa shape index (κ3) is 5.67. The highest BCUT2D eigenvalue weighted by molar-refractivity contribution is 6.13. The van der Waals surface area contributed by atoms with Gasteiger partial charge in [0, 0.05) is 34.1 Å². The molecule has 0 N–H and O–H groups in total. The molecule has 10 aromatic rings. The summed E-state index contributed by atoms with van der Waals surface area (Å²) >= 11 is 0. The molecule has 8 aromatic carbocycles. The summed E-state index contributed by atoms with van der Waals surface area (Å²) in [6, 6.07) is 72.0. The van der Waals surface area contributed by atoms with E-state index in [2.05, 4.69) is 186 Å². The van der Waals surface area contributed by atoms with E-state index in [1.165, 1.54) is 0 Å². The summed E-state index contributed by atoms with van der Waals surface area (Å²) in [7, 11) is 0. The Labute approximate surface area is 313 Å². The predicted octanol–water partition coefficient (Wildman–Crippen LogP) is 14.6. The van der Waals surface area contributed by atoms with E-state index in [9.17, 15) is 0 Å². The van der Waals surface area contributed by atoms with Gasteiger partial charge in [-0.1, -0.05) is 109 Å². The van der Waals surface area contributed by atoms with Crippen LogP contribution in [-0.4, -0.2) is 0 Å². The van der Waals surface area contributed by atoms with Crippen molar-refractivity contribution in [1.29, 1.82) is 0 Å². The zero-order chi connectivity index (χ0) is 35.8. The van der Waals surface area contributed by atoms with Gasteiger partial charge in [-0.2, -0.15) is 0 Å². The van der Waals surface area contributed by atoms with Crippen LogP contribution in [0.15, 0.2) is 215 Å². The summed E-state index contributed by atoms with van der Waals surface area (Å²) in [6.45, 7) is 0. The summed E-state index contributed by atoms with van der Waals surface area (Å²) in [5.74, 6) is 0. The monoisotopic (exact) mass is 694 g/mol. The van der Waals surface area contributed by atoms with Crippen LogP contribution in [0.3, 0.4) is 0 Å². The average molecular weight is 695 g/mol. The second-order valence-electron chi connectivity index (χ2n) is 13.4. The van der Waals surface area contributed by atoms with Crippen molar-refractivity contribution in [1.82, 2.24) is 0 Å². The standard InChI is InChI=1S/C50H34N2O2/c1-5-13-39(14-6-1)51(40-15-7-2-8-16-40)43-27-21-35(22-28-43)37-26-32-47-46(33-37)50-49(53-47)45-31-25-38(34-48(45)54-50)36-23-29-44(30-24-36)52(41-17-9-3-10-18-41)42-19-11-4-12-20-42/h1-34H. The molecular formula is C50H34N2O2. The summed E-state index contributed by atoms with van der Waals surface area (Å²) in [5.41, 5.74) is 14.2. The number of para-hydroxylation sites is 4. The molecule has 10 rings (SSSR count). The van der Waals surface area contributed by atoms with Crippen LogP contribution >= 0.6 is 0 Å². The van der Waals surface area contributed by atoms with Gasteiger partial charge in [0.25, 0.3) is 0 Å². The van der Waals surface area contributed by atoms with Gasteiger partial charge >= 0.3 is 0 Å². The van der Waals surface area contributed by atoms with Crippen LogP contribution in [0.1, 0.15) is 0 Å². The van der Waals surface area contributed by atoms with Crippen molar-refractivity contribution in [2.75, 3.05) is 9.80 Å². The zero-order valence-corrected chi connectivity index (χ0v) is 29.3. The Morgan fingerprint density at radius 3 is 1.07 bits per heavy atom. The van der Waals surface area contributed by atoms with E-state index in [-0.39, 0.29) is 0 Å². The van der Waals surface area contributed by atoms with Crippen molar-refractivity contribution in [3.63, 3.8) is 0 Å². The van der Waals surface area contributed by atoms with Crippen molar-refractivity contribution >= 4 is 67.2 Å². The quantitative estimate of drug-likeness (QED) is 0.158. The topological polar surface area (TPSA) is 32.8 Å². The Balaban J connectivity index is 0.963. The minimum Gasteiger partial charge on any atom is -0.452 e. The molecule has 0 aliphatic rings. The highest BCUT2D eigenvalue weighted by atomic mass is 16.4. The van der Waals surface area contributed by atoms with Gasteiger partial charge in [0.2, 0.25) is 0 Å². The van der Waals surface area contributed by atoms with Crippen molar-refractivity contribution in [3.05, 3.63) is 206 Å². The Morgan fingerprint density at radius 2 is 0.611 bits per heavy atom. The van der Waals surface area contributed by atoms with Crippen LogP contribution < -0.4 is 9.80 Å². The van der Waals surface area contributed by atoms with E-state index in [1.807, 2.05) is 30.3 Å². The molecule has 4 heteroatoms. The third-order valence-electron chi connectivity index (χ3n) is 10.1. The fourth-order valence-corrected chi connectivity index (χ4v) is 7.43. The van der Waals surface area contributed by atoms with E-state index in [4.69, 9.17) is 8.83 Å². The zero-order valence-electron chi connectivity index (χ0n) is 29.3. The van der Waals surface area contributed by atoms with Gasteiger partial charge in [-0.15, -0.1) is 0 Å². The van der Waals surface area contributed by atoms with Gasteiger partial charge in [-0.3, -0.25) is 0 Å². The third-order valence-corrected chi connectivity index (χ3v) is 10.1. The highest BCUT2D eigenvalue weighted by Crippen LogP contribution is 2.41. The van der Waals surface area contributed by atoms with Gasteiger partial charge in [0.1, 0.15) is 11.2 Å². The smallest absolute Gasteiger partial charge is 0.181 e. The molecule has 0 atom stereocenters. The molecule has 0 aliphatic carbocycles. The van der Waals surface area contributed by atoms with Crippen molar-refractivity contribution in [2.45, 2.75) is 0 Å². The van der Waals surface area contributed by atoms with E-state index in [0.29, 0.717) is 0 Å². The van der Waals surface area contributed by atoms with Gasteiger partial charge in [0.05, 0.1) is 10.8 Å². The lowest BCUT2D eigenvalue weighted by Gasteiger charge is -2.25. The van der Waals surface area contributed by atoms with E-state index >= 15 is 0 Å². The van der Waals surface area contributed by atoms with E-state index < -0.39 is 0 Å². The Hall–Kier alpha value is -7.30. The molecule has 0 unspecified atom stereocenters. The molecule has 0 fully saturated rings. The molecule has 0 bridgehead atoms. The van der Waals surface area contributed by atoms with Crippen LogP contribution in [0, 0.1) is 0 Å². The van der Waals surface area contributed by atoms with Crippen LogP contribution in [0.2, 0.25) is 0 Å². The normalized spacial score (nSPS) is 11.3. The first-order valence-electron chi connectivity index (χ1n) is 18.2. The Kier molecular flexibility index (Phi) is 7.77. The number of hydrogen-bond donors (Lipinski definition) is 0. The molecule has 0 radical (unpaired) electrons. The molecular weight excluding hydrogens is 661 g/mol. The predicted molar refractivity (Wildman–Crippen MR) is 224 cm³/mol.